The molecule has 0 heterocycles. The Bertz CT molecular complexity index is 556. The van der Waals surface area contributed by atoms with Gasteiger partial charge in [0.05, 0.1) is 0 Å². The van der Waals surface area contributed by atoms with E-state index in [9.17, 15) is 4.79 Å². The summed E-state index contributed by atoms with van der Waals surface area (Å²) < 4.78 is 0. The predicted molar refractivity (Wildman–Crippen MR) is 134 cm³/mol. The molecular weight excluding hydrogens is 370 g/mol. The highest BCUT2D eigenvalue weighted by Crippen LogP contribution is 2.21. The van der Waals surface area contributed by atoms with Crippen molar-refractivity contribution in [3.8, 4) is 0 Å². The highest BCUT2D eigenvalue weighted by atomic mass is 16.2. The summed E-state index contributed by atoms with van der Waals surface area (Å²) >= 11 is 0. The second kappa shape index (κ2) is 26.9. The van der Waals surface area contributed by atoms with Crippen LogP contribution in [-0.2, 0) is 0 Å². The molecule has 0 radical (unpaired) electrons. The van der Waals surface area contributed by atoms with Gasteiger partial charge in [-0.3, -0.25) is 4.79 Å². The predicted octanol–water partition coefficient (Wildman–Crippen LogP) is 7.47. The first kappa shape index (κ1) is 32.5. The lowest BCUT2D eigenvalue weighted by Crippen LogP contribution is -2.28. The Morgan fingerprint density at radius 1 is 0.767 bits per heavy atom. The van der Waals surface area contributed by atoms with Gasteiger partial charge in [0.1, 0.15) is 0 Å². The largest absolute Gasteiger partial charge is 0.396 e. The molecule has 0 saturated heterocycles. The number of unbranched alkanes of at least 4 members (excludes halogenated alkanes) is 1. The molecule has 30 heavy (non-hydrogen) atoms. The fourth-order valence-electron chi connectivity index (χ4n) is 2.52. The van der Waals surface area contributed by atoms with E-state index < -0.39 is 0 Å². The number of nitrogens with one attached hydrogen (secondary N) is 1. The second-order valence-corrected chi connectivity index (χ2v) is 5.40. The maximum absolute atomic E-state index is 12.2. The van der Waals surface area contributed by atoms with Gasteiger partial charge in [0.25, 0.3) is 5.91 Å². The average molecular weight is 418 g/mol. The van der Waals surface area contributed by atoms with Crippen LogP contribution in [0.25, 0.3) is 0 Å². The van der Waals surface area contributed by atoms with Crippen LogP contribution in [0, 0.1) is 0 Å². The molecule has 0 fully saturated rings. The van der Waals surface area contributed by atoms with Crippen LogP contribution >= 0.6 is 0 Å². The van der Waals surface area contributed by atoms with E-state index in [4.69, 9.17) is 5.11 Å². The van der Waals surface area contributed by atoms with Crippen molar-refractivity contribution in [3.05, 3.63) is 71.8 Å². The fraction of sp³-hybridized carbons (Fsp3) is 0.519. The van der Waals surface area contributed by atoms with E-state index in [2.05, 4.69) is 17.4 Å². The lowest BCUT2D eigenvalue weighted by atomic mass is 9.93. The van der Waals surface area contributed by atoms with Crippen molar-refractivity contribution in [2.45, 2.75) is 80.6 Å². The van der Waals surface area contributed by atoms with Crippen LogP contribution < -0.4 is 5.32 Å². The number of hydrogen-bond acceptors (Lipinski definition) is 2. The first-order valence-corrected chi connectivity index (χ1v) is 11.8. The molecule has 0 spiro atoms. The first-order chi connectivity index (χ1) is 14.8. The molecule has 3 heteroatoms. The third-order valence-electron chi connectivity index (χ3n) is 3.78. The number of rotatable bonds is 8. The van der Waals surface area contributed by atoms with Gasteiger partial charge in [0.2, 0.25) is 0 Å². The molecule has 2 rings (SSSR count). The first-order valence-electron chi connectivity index (χ1n) is 11.8. The lowest BCUT2D eigenvalue weighted by Gasteiger charge is -2.18. The minimum Gasteiger partial charge on any atom is -0.396 e. The molecule has 0 aliphatic heterocycles. The van der Waals surface area contributed by atoms with E-state index in [0.717, 1.165) is 19.3 Å². The van der Waals surface area contributed by atoms with Crippen molar-refractivity contribution < 1.29 is 9.90 Å². The van der Waals surface area contributed by atoms with Crippen molar-refractivity contribution in [1.82, 2.24) is 5.32 Å². The molecule has 1 atom stereocenters. The maximum atomic E-state index is 12.2. The van der Waals surface area contributed by atoms with Crippen molar-refractivity contribution in [2.75, 3.05) is 13.2 Å². The van der Waals surface area contributed by atoms with Crippen molar-refractivity contribution in [3.63, 3.8) is 0 Å². The van der Waals surface area contributed by atoms with Crippen LogP contribution in [0.2, 0.25) is 0 Å². The van der Waals surface area contributed by atoms with Crippen LogP contribution in [0.15, 0.2) is 60.7 Å². The molecule has 3 nitrogen and oxygen atoms in total. The van der Waals surface area contributed by atoms with Crippen LogP contribution in [0.5, 0.6) is 0 Å². The summed E-state index contributed by atoms with van der Waals surface area (Å²) in [5, 5.41) is 12.0. The summed E-state index contributed by atoms with van der Waals surface area (Å²) in [6, 6.07) is 19.5. The van der Waals surface area contributed by atoms with E-state index in [-0.39, 0.29) is 18.4 Å². The smallest absolute Gasteiger partial charge is 0.251 e. The van der Waals surface area contributed by atoms with Gasteiger partial charge in [0, 0.05) is 24.6 Å². The van der Waals surface area contributed by atoms with Gasteiger partial charge in [-0.1, -0.05) is 110 Å². The van der Waals surface area contributed by atoms with Crippen molar-refractivity contribution in [1.29, 1.82) is 0 Å². The zero-order chi connectivity index (χ0) is 23.6. The third-order valence-corrected chi connectivity index (χ3v) is 3.78. The summed E-state index contributed by atoms with van der Waals surface area (Å²) in [4.78, 5) is 12.2. The SMILES string of the molecule is CC.CC.CC.CC.O=C(NCC(CCCCO)c1ccccc1)c1ccccc1. The number of carbonyl (C=O) groups is 1. The Labute approximate surface area is 186 Å². The Balaban J connectivity index is -0.000000815. The molecule has 0 aromatic heterocycles. The minimum absolute atomic E-state index is 0.0383. The highest BCUT2D eigenvalue weighted by Gasteiger charge is 2.13. The van der Waals surface area contributed by atoms with Crippen LogP contribution in [0.1, 0.15) is 96.5 Å². The topological polar surface area (TPSA) is 49.3 Å². The normalized spacial score (nSPS) is 9.50. The summed E-state index contributed by atoms with van der Waals surface area (Å²) in [5.41, 5.74) is 1.92. The van der Waals surface area contributed by atoms with E-state index in [0.29, 0.717) is 12.1 Å². The van der Waals surface area contributed by atoms with E-state index in [1.54, 1.807) is 0 Å². The lowest BCUT2D eigenvalue weighted by molar-refractivity contribution is 0.0950. The van der Waals surface area contributed by atoms with Gasteiger partial charge in [-0.15, -0.1) is 0 Å². The molecule has 0 bridgehead atoms. The van der Waals surface area contributed by atoms with Crippen molar-refractivity contribution in [2.24, 2.45) is 0 Å². The Hall–Kier alpha value is -2.13. The van der Waals surface area contributed by atoms with Gasteiger partial charge in [-0.2, -0.15) is 0 Å². The van der Waals surface area contributed by atoms with Gasteiger partial charge in [-0.25, -0.2) is 0 Å². The molecular formula is C27H47NO2. The van der Waals surface area contributed by atoms with Gasteiger partial charge < -0.3 is 10.4 Å². The summed E-state index contributed by atoms with van der Waals surface area (Å²) in [6.07, 6.45) is 2.72. The van der Waals surface area contributed by atoms with Crippen LogP contribution in [-0.4, -0.2) is 24.2 Å². The van der Waals surface area contributed by atoms with Crippen LogP contribution in [0.4, 0.5) is 0 Å². The minimum atomic E-state index is -0.0383. The van der Waals surface area contributed by atoms with Gasteiger partial charge in [-0.05, 0) is 30.5 Å². The fourth-order valence-corrected chi connectivity index (χ4v) is 2.52. The molecule has 0 saturated carbocycles. The average Bonchev–Trinajstić information content (AvgIpc) is 2.87. The van der Waals surface area contributed by atoms with E-state index in [1.807, 2.05) is 104 Å². The molecule has 2 aromatic carbocycles. The number of aliphatic hydroxyl groups excluding tert-OH is 1. The number of carbonyl (C=O) groups excluding carboxylic acids is 1. The standard InChI is InChI=1S/C19H23NO2.4C2H6/c21-14-8-7-13-18(16-9-3-1-4-10-16)15-20-19(22)17-11-5-2-6-12-17;4*1-2/h1-6,9-12,18,21H,7-8,13-15H2,(H,20,22);4*1-2H3. The number of aliphatic hydroxyl groups is 1. The molecule has 2 N–H and O–H groups in total. The third kappa shape index (κ3) is 15.8. The van der Waals surface area contributed by atoms with Gasteiger partial charge >= 0.3 is 0 Å². The summed E-state index contributed by atoms with van der Waals surface area (Å²) in [6.45, 7) is 16.8. The molecule has 1 amide bonds. The Morgan fingerprint density at radius 2 is 1.23 bits per heavy atom. The zero-order valence-corrected chi connectivity index (χ0v) is 20.7. The zero-order valence-electron chi connectivity index (χ0n) is 20.7. The number of amides is 1. The van der Waals surface area contributed by atoms with Crippen LogP contribution in [0.3, 0.4) is 0 Å². The monoisotopic (exact) mass is 417 g/mol. The molecule has 1 unspecified atom stereocenters. The van der Waals surface area contributed by atoms with E-state index in [1.165, 1.54) is 5.56 Å². The molecule has 2 aromatic rings. The Morgan fingerprint density at radius 3 is 1.70 bits per heavy atom. The highest BCUT2D eigenvalue weighted by molar-refractivity contribution is 5.94. The summed E-state index contributed by atoms with van der Waals surface area (Å²) in [7, 11) is 0. The number of benzene rings is 2. The molecule has 172 valence electrons. The summed E-state index contributed by atoms with van der Waals surface area (Å²) in [5.74, 6) is 0.240. The molecule has 0 aliphatic carbocycles. The molecule has 0 aliphatic rings. The number of hydrogen-bond donors (Lipinski definition) is 2. The maximum Gasteiger partial charge on any atom is 0.251 e. The Kier molecular flexibility index (Phi) is 29.1. The van der Waals surface area contributed by atoms with Crippen molar-refractivity contribution >= 4 is 5.91 Å². The quantitative estimate of drug-likeness (QED) is 0.438. The van der Waals surface area contributed by atoms with Gasteiger partial charge in [0.15, 0.2) is 0 Å². The van der Waals surface area contributed by atoms with E-state index >= 15 is 0 Å². The second-order valence-electron chi connectivity index (χ2n) is 5.40.